The molecular formula is C16H14Cl3NO2S. The first kappa shape index (κ1) is 16.9. The van der Waals surface area contributed by atoms with E-state index in [1.165, 1.54) is 16.4 Å². The largest absolute Gasteiger partial charge is 0.266 e. The van der Waals surface area contributed by atoms with E-state index in [2.05, 4.69) is 0 Å². The number of anilines is 1. The molecule has 3 nitrogen and oxygen atoms in total. The number of fused-ring (bicyclic) bond motifs is 1. The molecule has 0 fully saturated rings. The number of rotatable bonds is 2. The minimum absolute atomic E-state index is 0.0259. The maximum absolute atomic E-state index is 13.1. The van der Waals surface area contributed by atoms with E-state index in [1.807, 2.05) is 25.1 Å². The van der Waals surface area contributed by atoms with Gasteiger partial charge < -0.3 is 0 Å². The van der Waals surface area contributed by atoms with E-state index < -0.39 is 10.0 Å². The van der Waals surface area contributed by atoms with Gasteiger partial charge >= 0.3 is 0 Å². The van der Waals surface area contributed by atoms with Crippen LogP contribution in [0.25, 0.3) is 0 Å². The first-order valence-corrected chi connectivity index (χ1v) is 9.65. The Hall–Kier alpha value is -0.940. The fourth-order valence-electron chi connectivity index (χ4n) is 2.76. The molecule has 0 saturated carbocycles. The molecule has 1 aliphatic rings. The molecule has 2 aromatic carbocycles. The van der Waals surface area contributed by atoms with Gasteiger partial charge in [-0.1, -0.05) is 52.5 Å². The van der Waals surface area contributed by atoms with Gasteiger partial charge in [0, 0.05) is 6.54 Å². The van der Waals surface area contributed by atoms with Crippen molar-refractivity contribution in [3.8, 4) is 0 Å². The Labute approximate surface area is 150 Å². The smallest absolute Gasteiger partial charge is 0.265 e. The molecule has 1 aliphatic heterocycles. The molecule has 7 heteroatoms. The molecule has 0 N–H and O–H groups in total. The lowest BCUT2D eigenvalue weighted by molar-refractivity contribution is 0.586. The first-order valence-electron chi connectivity index (χ1n) is 7.07. The molecule has 3 rings (SSSR count). The monoisotopic (exact) mass is 389 g/mol. The molecule has 0 aromatic heterocycles. The number of hydrogen-bond acceptors (Lipinski definition) is 2. The molecule has 0 bridgehead atoms. The van der Waals surface area contributed by atoms with Crippen LogP contribution in [0.1, 0.15) is 17.5 Å². The molecule has 0 saturated heterocycles. The predicted molar refractivity (Wildman–Crippen MR) is 95.5 cm³/mol. The zero-order valence-corrected chi connectivity index (χ0v) is 15.4. The molecule has 0 radical (unpaired) electrons. The Bertz CT molecular complexity index is 881. The molecule has 0 spiro atoms. The third-order valence-electron chi connectivity index (χ3n) is 3.85. The van der Waals surface area contributed by atoms with Crippen LogP contribution in [-0.4, -0.2) is 15.0 Å². The van der Waals surface area contributed by atoms with E-state index in [1.54, 1.807) is 0 Å². The summed E-state index contributed by atoms with van der Waals surface area (Å²) in [7, 11) is -3.80. The molecule has 0 atom stereocenters. The van der Waals surface area contributed by atoms with Gasteiger partial charge in [0.1, 0.15) is 4.90 Å². The van der Waals surface area contributed by atoms with Crippen molar-refractivity contribution in [1.82, 2.24) is 0 Å². The van der Waals surface area contributed by atoms with Gasteiger partial charge in [-0.15, -0.1) is 0 Å². The van der Waals surface area contributed by atoms with Crippen LogP contribution in [0, 0.1) is 6.92 Å². The summed E-state index contributed by atoms with van der Waals surface area (Å²) in [6.45, 7) is 2.40. The second-order valence-electron chi connectivity index (χ2n) is 5.51. The number of nitrogens with zero attached hydrogens (tertiary/aromatic N) is 1. The lowest BCUT2D eigenvalue weighted by Crippen LogP contribution is -2.35. The van der Waals surface area contributed by atoms with E-state index >= 15 is 0 Å². The zero-order chi connectivity index (χ0) is 16.8. The Morgan fingerprint density at radius 3 is 2.43 bits per heavy atom. The Morgan fingerprint density at radius 1 is 1.00 bits per heavy atom. The van der Waals surface area contributed by atoms with Crippen LogP contribution in [0.2, 0.25) is 15.1 Å². The fourth-order valence-corrected chi connectivity index (χ4v) is 5.28. The summed E-state index contributed by atoms with van der Waals surface area (Å²) in [5.41, 5.74) is 2.83. The highest BCUT2D eigenvalue weighted by Gasteiger charge is 2.31. The third-order valence-corrected chi connectivity index (χ3v) is 6.85. The minimum atomic E-state index is -3.80. The number of aryl methyl sites for hydroxylation is 2. The molecule has 0 aliphatic carbocycles. The molecule has 0 unspecified atom stereocenters. The number of benzene rings is 2. The van der Waals surface area contributed by atoms with E-state index in [0.717, 1.165) is 24.0 Å². The molecule has 1 heterocycles. The average Bonchev–Trinajstić information content (AvgIpc) is 2.49. The van der Waals surface area contributed by atoms with E-state index in [-0.39, 0.29) is 20.0 Å². The maximum atomic E-state index is 13.1. The highest BCUT2D eigenvalue weighted by atomic mass is 35.5. The van der Waals surface area contributed by atoms with Crippen LogP contribution in [0.4, 0.5) is 5.69 Å². The first-order chi connectivity index (χ1) is 10.8. The second-order valence-corrected chi connectivity index (χ2v) is 8.56. The Morgan fingerprint density at radius 2 is 1.70 bits per heavy atom. The summed E-state index contributed by atoms with van der Waals surface area (Å²) in [4.78, 5) is -0.0259. The third kappa shape index (κ3) is 3.05. The van der Waals surface area contributed by atoms with Gasteiger partial charge in [-0.25, -0.2) is 8.42 Å². The standard InChI is InChI=1S/C16H14Cl3NO2S/c1-10-4-5-15-11(7-10)3-2-6-20(15)23(21,22)16-9-13(18)12(17)8-14(16)19/h4-5,7-9H,2-3,6H2,1H3. The van der Waals surface area contributed by atoms with Gasteiger partial charge in [0.25, 0.3) is 10.0 Å². The highest BCUT2D eigenvalue weighted by Crippen LogP contribution is 2.37. The van der Waals surface area contributed by atoms with Crippen molar-refractivity contribution in [3.63, 3.8) is 0 Å². The summed E-state index contributed by atoms with van der Waals surface area (Å²) in [5.74, 6) is 0. The van der Waals surface area contributed by atoms with E-state index in [0.29, 0.717) is 12.2 Å². The van der Waals surface area contributed by atoms with Crippen molar-refractivity contribution in [1.29, 1.82) is 0 Å². The number of sulfonamides is 1. The average molecular weight is 391 g/mol. The fraction of sp³-hybridized carbons (Fsp3) is 0.250. The van der Waals surface area contributed by atoms with Crippen LogP contribution in [-0.2, 0) is 16.4 Å². The highest BCUT2D eigenvalue weighted by molar-refractivity contribution is 7.93. The number of halogens is 3. The summed E-state index contributed by atoms with van der Waals surface area (Å²) in [6.07, 6.45) is 1.62. The van der Waals surface area contributed by atoms with E-state index in [4.69, 9.17) is 34.8 Å². The molecule has 0 amide bonds. The van der Waals surface area contributed by atoms with Crippen molar-refractivity contribution in [2.24, 2.45) is 0 Å². The SMILES string of the molecule is Cc1ccc2c(c1)CCCN2S(=O)(=O)c1cc(Cl)c(Cl)cc1Cl. The number of hydrogen-bond donors (Lipinski definition) is 0. The van der Waals surface area contributed by atoms with Crippen LogP contribution in [0.3, 0.4) is 0 Å². The van der Waals surface area contributed by atoms with Crippen molar-refractivity contribution in [3.05, 3.63) is 56.5 Å². The molecule has 23 heavy (non-hydrogen) atoms. The van der Waals surface area contributed by atoms with Crippen LogP contribution in [0.5, 0.6) is 0 Å². The van der Waals surface area contributed by atoms with E-state index in [9.17, 15) is 8.42 Å². The Kier molecular flexibility index (Phi) is 4.53. The van der Waals surface area contributed by atoms with Gasteiger partial charge in [0.2, 0.25) is 0 Å². The second kappa shape index (κ2) is 6.17. The Balaban J connectivity index is 2.14. The molecular weight excluding hydrogens is 377 g/mol. The summed E-state index contributed by atoms with van der Waals surface area (Å²) < 4.78 is 27.5. The lowest BCUT2D eigenvalue weighted by atomic mass is 10.0. The van der Waals surface area contributed by atoms with Crippen molar-refractivity contribution in [2.75, 3.05) is 10.8 Å². The molecule has 2 aromatic rings. The maximum Gasteiger partial charge on any atom is 0.265 e. The minimum Gasteiger partial charge on any atom is -0.266 e. The summed E-state index contributed by atoms with van der Waals surface area (Å²) in [6, 6.07) is 8.44. The van der Waals surface area contributed by atoms with Crippen molar-refractivity contribution in [2.45, 2.75) is 24.7 Å². The van der Waals surface area contributed by atoms with Crippen molar-refractivity contribution >= 4 is 50.5 Å². The normalized spacial score (nSPS) is 14.7. The van der Waals surface area contributed by atoms with Crippen LogP contribution < -0.4 is 4.31 Å². The van der Waals surface area contributed by atoms with Gasteiger partial charge in [0.15, 0.2) is 0 Å². The summed E-state index contributed by atoms with van der Waals surface area (Å²) in [5, 5.41) is 0.458. The van der Waals surface area contributed by atoms with Crippen LogP contribution in [0.15, 0.2) is 35.2 Å². The molecule has 122 valence electrons. The van der Waals surface area contributed by atoms with Gasteiger partial charge in [-0.2, -0.15) is 0 Å². The zero-order valence-electron chi connectivity index (χ0n) is 12.3. The topological polar surface area (TPSA) is 37.4 Å². The summed E-state index contributed by atoms with van der Waals surface area (Å²) >= 11 is 18.0. The quantitative estimate of drug-likeness (QED) is 0.669. The lowest BCUT2D eigenvalue weighted by Gasteiger charge is -2.31. The van der Waals surface area contributed by atoms with Crippen LogP contribution >= 0.6 is 34.8 Å². The van der Waals surface area contributed by atoms with Gasteiger partial charge in [-0.05, 0) is 43.5 Å². The predicted octanol–water partition coefficient (Wildman–Crippen LogP) is 5.10. The van der Waals surface area contributed by atoms with Gasteiger partial charge in [-0.3, -0.25) is 4.31 Å². The van der Waals surface area contributed by atoms with Gasteiger partial charge in [0.05, 0.1) is 20.8 Å². The van der Waals surface area contributed by atoms with Crippen molar-refractivity contribution < 1.29 is 8.42 Å².